The average Bonchev–Trinajstić information content (AvgIpc) is 2.54. The van der Waals surface area contributed by atoms with Crippen molar-refractivity contribution in [3.8, 4) is 11.5 Å². The molecule has 3 aromatic carbocycles. The molecule has 0 aromatic heterocycles. The monoisotopic (exact) mass is 367 g/mol. The first-order valence-electron chi connectivity index (χ1n) is 8.39. The summed E-state index contributed by atoms with van der Waals surface area (Å²) in [5.74, 6) is 0.974. The molecule has 3 aromatic rings. The van der Waals surface area contributed by atoms with E-state index in [1.165, 1.54) is 0 Å². The third-order valence-electron chi connectivity index (χ3n) is 3.71. The Balaban J connectivity index is 1.92. The molecule has 134 valence electrons. The third-order valence-corrected chi connectivity index (χ3v) is 5.15. The van der Waals surface area contributed by atoms with Gasteiger partial charge in [-0.15, -0.1) is 0 Å². The van der Waals surface area contributed by atoms with E-state index in [-0.39, 0.29) is 0 Å². The summed E-state index contributed by atoms with van der Waals surface area (Å²) in [5, 5.41) is 2.94. The standard InChI is InChI=1S/C21H22NO3P/c1-16-7-4-10-19(13-16)22-26(23,24-20-11-5-8-17(2)14-20)25-21-12-6-9-18(3)15-21/h4-15H,1-3H3,(H,22,23). The van der Waals surface area contributed by atoms with Crippen molar-refractivity contribution in [2.75, 3.05) is 5.09 Å². The van der Waals surface area contributed by atoms with Crippen LogP contribution in [0.2, 0.25) is 0 Å². The topological polar surface area (TPSA) is 47.6 Å². The van der Waals surface area contributed by atoms with E-state index in [1.807, 2.05) is 81.4 Å². The molecule has 0 amide bonds. The van der Waals surface area contributed by atoms with Gasteiger partial charge in [0, 0.05) is 5.69 Å². The Hall–Kier alpha value is -2.71. The fourth-order valence-corrected chi connectivity index (χ4v) is 3.92. The van der Waals surface area contributed by atoms with Gasteiger partial charge in [-0.05, 0) is 73.9 Å². The lowest BCUT2D eigenvalue weighted by molar-refractivity contribution is 0.392. The van der Waals surface area contributed by atoms with Crippen LogP contribution in [0.1, 0.15) is 16.7 Å². The Morgan fingerprint density at radius 1 is 0.692 bits per heavy atom. The van der Waals surface area contributed by atoms with Crippen molar-refractivity contribution in [3.05, 3.63) is 89.5 Å². The second-order valence-electron chi connectivity index (χ2n) is 6.29. The first-order valence-corrected chi connectivity index (χ1v) is 9.94. The SMILES string of the molecule is Cc1cccc(NP(=O)(Oc2cccc(C)c2)Oc2cccc(C)c2)c1. The molecule has 0 saturated heterocycles. The normalized spacial score (nSPS) is 11.0. The van der Waals surface area contributed by atoms with Gasteiger partial charge in [0.1, 0.15) is 11.5 Å². The van der Waals surface area contributed by atoms with E-state index in [0.717, 1.165) is 16.7 Å². The van der Waals surface area contributed by atoms with Crippen molar-refractivity contribution in [2.24, 2.45) is 0 Å². The van der Waals surface area contributed by atoms with Crippen molar-refractivity contribution in [1.82, 2.24) is 0 Å². The molecule has 1 N–H and O–H groups in total. The van der Waals surface area contributed by atoms with Crippen LogP contribution >= 0.6 is 7.75 Å². The first-order chi connectivity index (χ1) is 12.4. The van der Waals surface area contributed by atoms with E-state index >= 15 is 0 Å². The number of nitrogens with one attached hydrogen (secondary N) is 1. The van der Waals surface area contributed by atoms with Crippen LogP contribution in [-0.4, -0.2) is 0 Å². The van der Waals surface area contributed by atoms with Crippen molar-refractivity contribution in [2.45, 2.75) is 20.8 Å². The Bertz CT molecular complexity index is 833. The fourth-order valence-electron chi connectivity index (χ4n) is 2.56. The fraction of sp³-hybridized carbons (Fsp3) is 0.143. The quantitative estimate of drug-likeness (QED) is 0.520. The second-order valence-corrected chi connectivity index (χ2v) is 7.88. The van der Waals surface area contributed by atoms with Gasteiger partial charge in [-0.25, -0.2) is 4.57 Å². The van der Waals surface area contributed by atoms with Crippen LogP contribution < -0.4 is 14.1 Å². The molecule has 0 aliphatic carbocycles. The number of anilines is 1. The van der Waals surface area contributed by atoms with E-state index in [0.29, 0.717) is 17.2 Å². The molecule has 0 spiro atoms. The molecule has 5 heteroatoms. The molecule has 26 heavy (non-hydrogen) atoms. The highest BCUT2D eigenvalue weighted by Crippen LogP contribution is 2.48. The summed E-state index contributed by atoms with van der Waals surface area (Å²) in [4.78, 5) is 0. The zero-order valence-electron chi connectivity index (χ0n) is 15.1. The zero-order valence-corrected chi connectivity index (χ0v) is 16.0. The van der Waals surface area contributed by atoms with Crippen LogP contribution in [0, 0.1) is 20.8 Å². The molecule has 0 radical (unpaired) electrons. The summed E-state index contributed by atoms with van der Waals surface area (Å²) in [5.41, 5.74) is 3.75. The van der Waals surface area contributed by atoms with E-state index < -0.39 is 7.75 Å². The molecule has 0 bridgehead atoms. The molecule has 0 aliphatic heterocycles. The van der Waals surface area contributed by atoms with Gasteiger partial charge < -0.3 is 9.05 Å². The molecule has 0 unspecified atom stereocenters. The Morgan fingerprint density at radius 2 is 1.15 bits per heavy atom. The van der Waals surface area contributed by atoms with E-state index in [4.69, 9.17) is 9.05 Å². The maximum Gasteiger partial charge on any atom is 0.541 e. The molecule has 4 nitrogen and oxygen atoms in total. The molecular formula is C21H22NO3P. The minimum atomic E-state index is -3.69. The Kier molecular flexibility index (Phi) is 5.34. The summed E-state index contributed by atoms with van der Waals surface area (Å²) in [7, 11) is -3.69. The molecule has 0 atom stereocenters. The molecule has 0 heterocycles. The van der Waals surface area contributed by atoms with Gasteiger partial charge in [0.2, 0.25) is 0 Å². The van der Waals surface area contributed by atoms with Crippen molar-refractivity contribution < 1.29 is 13.6 Å². The average molecular weight is 367 g/mol. The molecule has 3 rings (SSSR count). The Labute approximate surface area is 154 Å². The highest BCUT2D eigenvalue weighted by Gasteiger charge is 2.29. The lowest BCUT2D eigenvalue weighted by atomic mass is 10.2. The molecule has 0 fully saturated rings. The van der Waals surface area contributed by atoms with E-state index in [1.54, 1.807) is 12.1 Å². The summed E-state index contributed by atoms with van der Waals surface area (Å²) in [6.45, 7) is 5.87. The van der Waals surface area contributed by atoms with Crippen LogP contribution in [0.3, 0.4) is 0 Å². The van der Waals surface area contributed by atoms with Gasteiger partial charge in [-0.3, -0.25) is 5.09 Å². The first kappa shape index (κ1) is 18.1. The highest BCUT2D eigenvalue weighted by atomic mass is 31.2. The van der Waals surface area contributed by atoms with Crippen molar-refractivity contribution >= 4 is 13.4 Å². The number of benzene rings is 3. The second kappa shape index (κ2) is 7.67. The lowest BCUT2D eigenvalue weighted by Crippen LogP contribution is -2.10. The number of hydrogen-bond acceptors (Lipinski definition) is 3. The van der Waals surface area contributed by atoms with Crippen molar-refractivity contribution in [1.29, 1.82) is 0 Å². The maximum absolute atomic E-state index is 13.5. The van der Waals surface area contributed by atoms with Crippen LogP contribution in [0.15, 0.2) is 72.8 Å². The van der Waals surface area contributed by atoms with Crippen LogP contribution in [0.25, 0.3) is 0 Å². The van der Waals surface area contributed by atoms with E-state index in [9.17, 15) is 4.57 Å². The third kappa shape index (κ3) is 4.90. The maximum atomic E-state index is 13.5. The van der Waals surface area contributed by atoms with Crippen LogP contribution in [0.5, 0.6) is 11.5 Å². The lowest BCUT2D eigenvalue weighted by Gasteiger charge is -2.21. The molecule has 0 saturated carbocycles. The van der Waals surface area contributed by atoms with Gasteiger partial charge in [-0.1, -0.05) is 36.4 Å². The Morgan fingerprint density at radius 3 is 1.62 bits per heavy atom. The smallest absolute Gasteiger partial charge is 0.400 e. The number of rotatable bonds is 6. The minimum absolute atomic E-state index is 0.487. The molecule has 0 aliphatic rings. The van der Waals surface area contributed by atoms with Crippen molar-refractivity contribution in [3.63, 3.8) is 0 Å². The predicted octanol–water partition coefficient (Wildman–Crippen LogP) is 6.29. The van der Waals surface area contributed by atoms with Gasteiger partial charge in [0.25, 0.3) is 0 Å². The van der Waals surface area contributed by atoms with Crippen LogP contribution in [0.4, 0.5) is 5.69 Å². The zero-order chi connectivity index (χ0) is 18.6. The van der Waals surface area contributed by atoms with E-state index in [2.05, 4.69) is 5.09 Å². The highest BCUT2D eigenvalue weighted by molar-refractivity contribution is 7.56. The van der Waals surface area contributed by atoms with Crippen LogP contribution in [-0.2, 0) is 4.57 Å². The number of hydrogen-bond donors (Lipinski definition) is 1. The molecular weight excluding hydrogens is 345 g/mol. The van der Waals surface area contributed by atoms with Gasteiger partial charge >= 0.3 is 7.75 Å². The summed E-state index contributed by atoms with van der Waals surface area (Å²) in [6, 6.07) is 22.4. The minimum Gasteiger partial charge on any atom is -0.400 e. The largest absolute Gasteiger partial charge is 0.541 e. The summed E-state index contributed by atoms with van der Waals surface area (Å²) in [6.07, 6.45) is 0. The van der Waals surface area contributed by atoms with Gasteiger partial charge in [0.15, 0.2) is 0 Å². The van der Waals surface area contributed by atoms with Gasteiger partial charge in [-0.2, -0.15) is 0 Å². The number of aryl methyl sites for hydroxylation is 3. The summed E-state index contributed by atoms with van der Waals surface area (Å²) < 4.78 is 25.1. The summed E-state index contributed by atoms with van der Waals surface area (Å²) >= 11 is 0. The predicted molar refractivity (Wildman–Crippen MR) is 106 cm³/mol. The van der Waals surface area contributed by atoms with Gasteiger partial charge in [0.05, 0.1) is 0 Å².